The van der Waals surface area contributed by atoms with Crippen LogP contribution in [0, 0.1) is 0 Å². The summed E-state index contributed by atoms with van der Waals surface area (Å²) in [7, 11) is 0. The number of para-hydroxylation sites is 1. The Hall–Kier alpha value is -2.17. The highest BCUT2D eigenvalue weighted by molar-refractivity contribution is 5.96. The SMILES string of the molecule is CC(C)c1noc(CCCC(=O)N2c3ccccc3CC2C)n1. The van der Waals surface area contributed by atoms with Crippen molar-refractivity contribution in [3.8, 4) is 0 Å². The number of aromatic nitrogens is 2. The molecule has 3 rings (SSSR count). The molecule has 1 aromatic heterocycles. The highest BCUT2D eigenvalue weighted by atomic mass is 16.5. The number of rotatable bonds is 5. The van der Waals surface area contributed by atoms with Crippen molar-refractivity contribution in [2.75, 3.05) is 4.90 Å². The molecule has 1 aliphatic heterocycles. The molecule has 1 aromatic carbocycles. The van der Waals surface area contributed by atoms with E-state index < -0.39 is 0 Å². The van der Waals surface area contributed by atoms with Gasteiger partial charge in [0.05, 0.1) is 0 Å². The molecule has 0 fully saturated rings. The van der Waals surface area contributed by atoms with Gasteiger partial charge in [-0.3, -0.25) is 4.79 Å². The first-order valence-corrected chi connectivity index (χ1v) is 8.28. The van der Waals surface area contributed by atoms with Gasteiger partial charge in [0.25, 0.3) is 0 Å². The summed E-state index contributed by atoms with van der Waals surface area (Å²) in [5.41, 5.74) is 2.32. The van der Waals surface area contributed by atoms with Crippen LogP contribution < -0.4 is 4.90 Å². The molecule has 0 N–H and O–H groups in total. The number of aryl methyl sites for hydroxylation is 1. The number of fused-ring (bicyclic) bond motifs is 1. The van der Waals surface area contributed by atoms with E-state index in [9.17, 15) is 4.79 Å². The summed E-state index contributed by atoms with van der Waals surface area (Å²) >= 11 is 0. The Morgan fingerprint density at radius 2 is 2.17 bits per heavy atom. The summed E-state index contributed by atoms with van der Waals surface area (Å²) in [5.74, 6) is 1.78. The predicted octanol–water partition coefficient (Wildman–Crippen LogP) is 3.49. The third-order valence-electron chi connectivity index (χ3n) is 4.26. The van der Waals surface area contributed by atoms with Crippen LogP contribution in [-0.2, 0) is 17.6 Å². The smallest absolute Gasteiger partial charge is 0.227 e. The largest absolute Gasteiger partial charge is 0.339 e. The molecule has 0 spiro atoms. The first-order chi connectivity index (χ1) is 11.1. The van der Waals surface area contributed by atoms with Crippen molar-refractivity contribution in [1.82, 2.24) is 10.1 Å². The van der Waals surface area contributed by atoms with Crippen molar-refractivity contribution in [3.63, 3.8) is 0 Å². The second kappa shape index (κ2) is 6.52. The standard InChI is InChI=1S/C18H23N3O2/c1-12(2)18-19-16(23-20-18)9-6-10-17(22)21-13(3)11-14-7-4-5-8-15(14)21/h4-5,7-8,12-13H,6,9-11H2,1-3H3. The van der Waals surface area contributed by atoms with Crippen molar-refractivity contribution in [2.45, 2.75) is 58.4 Å². The van der Waals surface area contributed by atoms with E-state index in [2.05, 4.69) is 23.1 Å². The quantitative estimate of drug-likeness (QED) is 0.847. The molecule has 0 aliphatic carbocycles. The maximum absolute atomic E-state index is 12.6. The minimum atomic E-state index is 0.172. The second-order valence-corrected chi connectivity index (χ2v) is 6.50. The number of carbonyl (C=O) groups is 1. The lowest BCUT2D eigenvalue weighted by molar-refractivity contribution is -0.119. The van der Waals surface area contributed by atoms with Crippen LogP contribution >= 0.6 is 0 Å². The number of nitrogens with zero attached hydrogens (tertiary/aromatic N) is 3. The van der Waals surface area contributed by atoms with E-state index in [0.717, 1.165) is 24.4 Å². The Morgan fingerprint density at radius 1 is 1.39 bits per heavy atom. The van der Waals surface area contributed by atoms with E-state index in [-0.39, 0.29) is 17.9 Å². The Kier molecular flexibility index (Phi) is 4.46. The predicted molar refractivity (Wildman–Crippen MR) is 88.4 cm³/mol. The fourth-order valence-electron chi connectivity index (χ4n) is 3.06. The lowest BCUT2D eigenvalue weighted by Crippen LogP contribution is -2.35. The first kappa shape index (κ1) is 15.7. The van der Waals surface area contributed by atoms with Gasteiger partial charge >= 0.3 is 0 Å². The van der Waals surface area contributed by atoms with Gasteiger partial charge < -0.3 is 9.42 Å². The number of anilines is 1. The molecule has 2 aromatic rings. The molecule has 2 heterocycles. The van der Waals surface area contributed by atoms with Gasteiger partial charge in [0.15, 0.2) is 5.82 Å². The number of amides is 1. The molecule has 1 unspecified atom stereocenters. The highest BCUT2D eigenvalue weighted by Crippen LogP contribution is 2.32. The van der Waals surface area contributed by atoms with Crippen molar-refractivity contribution in [3.05, 3.63) is 41.5 Å². The van der Waals surface area contributed by atoms with E-state index in [4.69, 9.17) is 4.52 Å². The summed E-state index contributed by atoms with van der Waals surface area (Å²) in [4.78, 5) is 18.9. The zero-order valence-corrected chi connectivity index (χ0v) is 14.0. The lowest BCUT2D eigenvalue weighted by Gasteiger charge is -2.22. The summed E-state index contributed by atoms with van der Waals surface area (Å²) in [6.45, 7) is 6.17. The molecule has 0 radical (unpaired) electrons. The maximum atomic E-state index is 12.6. The van der Waals surface area contributed by atoms with Crippen LogP contribution in [0.25, 0.3) is 0 Å². The summed E-state index contributed by atoms with van der Waals surface area (Å²) in [5, 5.41) is 3.95. The molecular weight excluding hydrogens is 290 g/mol. The normalized spacial score (nSPS) is 16.9. The number of benzene rings is 1. The topological polar surface area (TPSA) is 59.2 Å². The molecule has 5 nitrogen and oxygen atoms in total. The molecular formula is C18H23N3O2. The third-order valence-corrected chi connectivity index (χ3v) is 4.26. The van der Waals surface area contributed by atoms with Gasteiger partial charge in [0, 0.05) is 30.5 Å². The van der Waals surface area contributed by atoms with Crippen molar-refractivity contribution >= 4 is 11.6 Å². The monoisotopic (exact) mass is 313 g/mol. The zero-order valence-electron chi connectivity index (χ0n) is 14.0. The fraction of sp³-hybridized carbons (Fsp3) is 0.500. The van der Waals surface area contributed by atoms with Gasteiger partial charge in [-0.25, -0.2) is 0 Å². The highest BCUT2D eigenvalue weighted by Gasteiger charge is 2.29. The van der Waals surface area contributed by atoms with E-state index in [1.165, 1.54) is 5.56 Å². The Bertz CT molecular complexity index is 693. The van der Waals surface area contributed by atoms with Gasteiger partial charge in [-0.2, -0.15) is 4.98 Å². The average molecular weight is 313 g/mol. The minimum absolute atomic E-state index is 0.172. The molecule has 1 atom stereocenters. The van der Waals surface area contributed by atoms with E-state index in [1.54, 1.807) is 0 Å². The van der Waals surface area contributed by atoms with Crippen LogP contribution in [0.2, 0.25) is 0 Å². The minimum Gasteiger partial charge on any atom is -0.339 e. The van der Waals surface area contributed by atoms with Crippen LogP contribution in [0.1, 0.15) is 56.8 Å². The van der Waals surface area contributed by atoms with Crippen molar-refractivity contribution in [1.29, 1.82) is 0 Å². The molecule has 0 saturated carbocycles. The van der Waals surface area contributed by atoms with Gasteiger partial charge in [-0.15, -0.1) is 0 Å². The Morgan fingerprint density at radius 3 is 2.91 bits per heavy atom. The first-order valence-electron chi connectivity index (χ1n) is 8.28. The van der Waals surface area contributed by atoms with Gasteiger partial charge in [0.1, 0.15) is 0 Å². The van der Waals surface area contributed by atoms with Crippen LogP contribution in [-0.4, -0.2) is 22.1 Å². The molecule has 5 heteroatoms. The molecule has 0 bridgehead atoms. The third kappa shape index (κ3) is 3.28. The summed E-state index contributed by atoms with van der Waals surface area (Å²) in [6, 6.07) is 8.38. The fourth-order valence-corrected chi connectivity index (χ4v) is 3.06. The van der Waals surface area contributed by atoms with Crippen molar-refractivity contribution < 1.29 is 9.32 Å². The van der Waals surface area contributed by atoms with Gasteiger partial charge in [-0.1, -0.05) is 37.2 Å². The van der Waals surface area contributed by atoms with Gasteiger partial charge in [-0.05, 0) is 31.4 Å². The van der Waals surface area contributed by atoms with Crippen LogP contribution in [0.15, 0.2) is 28.8 Å². The average Bonchev–Trinajstić information content (AvgIpc) is 3.10. The van der Waals surface area contributed by atoms with Crippen LogP contribution in [0.3, 0.4) is 0 Å². The molecule has 0 saturated heterocycles. The van der Waals surface area contributed by atoms with E-state index in [0.29, 0.717) is 18.7 Å². The molecule has 23 heavy (non-hydrogen) atoms. The number of hydrogen-bond acceptors (Lipinski definition) is 4. The Balaban J connectivity index is 1.57. The molecule has 1 aliphatic rings. The zero-order chi connectivity index (χ0) is 16.4. The summed E-state index contributed by atoms with van der Waals surface area (Å²) < 4.78 is 5.22. The van der Waals surface area contributed by atoms with Crippen LogP contribution in [0.4, 0.5) is 5.69 Å². The number of hydrogen-bond donors (Lipinski definition) is 0. The van der Waals surface area contributed by atoms with Gasteiger partial charge in [0.2, 0.25) is 11.8 Å². The second-order valence-electron chi connectivity index (χ2n) is 6.50. The van der Waals surface area contributed by atoms with E-state index >= 15 is 0 Å². The van der Waals surface area contributed by atoms with E-state index in [1.807, 2.05) is 36.9 Å². The summed E-state index contributed by atoms with van der Waals surface area (Å²) in [6.07, 6.45) is 2.81. The molecule has 122 valence electrons. The maximum Gasteiger partial charge on any atom is 0.227 e. The van der Waals surface area contributed by atoms with Crippen LogP contribution in [0.5, 0.6) is 0 Å². The Labute approximate surface area is 136 Å². The lowest BCUT2D eigenvalue weighted by atomic mass is 10.1. The number of carbonyl (C=O) groups excluding carboxylic acids is 1. The van der Waals surface area contributed by atoms with Crippen molar-refractivity contribution in [2.24, 2.45) is 0 Å². The molecule has 1 amide bonds.